The summed E-state index contributed by atoms with van der Waals surface area (Å²) in [5, 5.41) is 2.89. The maximum absolute atomic E-state index is 12.3. The van der Waals surface area contributed by atoms with Gasteiger partial charge in [0.05, 0.1) is 12.8 Å². The fourth-order valence-corrected chi connectivity index (χ4v) is 2.37. The van der Waals surface area contributed by atoms with Gasteiger partial charge in [0.2, 0.25) is 0 Å². The van der Waals surface area contributed by atoms with Gasteiger partial charge in [-0.25, -0.2) is 0 Å². The third-order valence-corrected chi connectivity index (χ3v) is 3.60. The Morgan fingerprint density at radius 3 is 2.35 bits per heavy atom. The second-order valence-corrected chi connectivity index (χ2v) is 5.53. The predicted molar refractivity (Wildman–Crippen MR) is 84.6 cm³/mol. The van der Waals surface area contributed by atoms with Crippen LogP contribution in [-0.4, -0.2) is 13.0 Å². The first-order valence-corrected chi connectivity index (χ1v) is 7.02. The second-order valence-electron chi connectivity index (χ2n) is 4.68. The minimum atomic E-state index is -0.134. The van der Waals surface area contributed by atoms with Gasteiger partial charge >= 0.3 is 0 Å². The molecule has 0 saturated heterocycles. The second kappa shape index (κ2) is 6.09. The summed E-state index contributed by atoms with van der Waals surface area (Å²) in [4.78, 5) is 12.3. The molecule has 0 spiro atoms. The molecule has 1 amide bonds. The Labute approximate surface area is 127 Å². The molecule has 0 bridgehead atoms. The number of carbonyl (C=O) groups is 1. The van der Waals surface area contributed by atoms with Gasteiger partial charge in [-0.05, 0) is 54.0 Å². The van der Waals surface area contributed by atoms with Gasteiger partial charge in [-0.15, -0.1) is 0 Å². The third-order valence-electron chi connectivity index (χ3n) is 2.91. The van der Waals surface area contributed by atoms with E-state index in [0.29, 0.717) is 17.0 Å². The molecular formula is C16H16BrNO2. The minimum Gasteiger partial charge on any atom is -0.497 e. The van der Waals surface area contributed by atoms with Gasteiger partial charge in [0.15, 0.2) is 0 Å². The van der Waals surface area contributed by atoms with Gasteiger partial charge in [-0.2, -0.15) is 0 Å². The van der Waals surface area contributed by atoms with Crippen molar-refractivity contribution in [2.75, 3.05) is 12.4 Å². The summed E-state index contributed by atoms with van der Waals surface area (Å²) in [6.45, 7) is 3.95. The Hall–Kier alpha value is -1.81. The first kappa shape index (κ1) is 14.6. The van der Waals surface area contributed by atoms with E-state index in [-0.39, 0.29) is 5.91 Å². The normalized spacial score (nSPS) is 10.2. The highest BCUT2D eigenvalue weighted by Crippen LogP contribution is 2.27. The number of ether oxygens (including phenoxy) is 1. The topological polar surface area (TPSA) is 38.3 Å². The maximum atomic E-state index is 12.3. The summed E-state index contributed by atoms with van der Waals surface area (Å²) in [5.41, 5.74) is 3.48. The predicted octanol–water partition coefficient (Wildman–Crippen LogP) is 4.33. The van der Waals surface area contributed by atoms with E-state index in [4.69, 9.17) is 4.74 Å². The molecule has 20 heavy (non-hydrogen) atoms. The van der Waals surface area contributed by atoms with E-state index in [9.17, 15) is 4.79 Å². The monoisotopic (exact) mass is 333 g/mol. The molecule has 0 aliphatic rings. The average molecular weight is 334 g/mol. The van der Waals surface area contributed by atoms with Crippen molar-refractivity contribution in [1.82, 2.24) is 0 Å². The Kier molecular flexibility index (Phi) is 4.45. The molecule has 4 heteroatoms. The van der Waals surface area contributed by atoms with Crippen LogP contribution in [0.2, 0.25) is 0 Å². The van der Waals surface area contributed by atoms with E-state index in [0.717, 1.165) is 15.6 Å². The lowest BCUT2D eigenvalue weighted by molar-refractivity contribution is 0.102. The Morgan fingerprint density at radius 2 is 1.75 bits per heavy atom. The molecule has 0 aliphatic carbocycles. The standard InChI is InChI=1S/C16H16BrNO2/c1-10-6-11(2)8-12(7-10)16(19)18-15-9-13(20-3)4-5-14(15)17/h4-9H,1-3H3,(H,18,19). The van der Waals surface area contributed by atoms with Crippen molar-refractivity contribution in [2.45, 2.75) is 13.8 Å². The highest BCUT2D eigenvalue weighted by molar-refractivity contribution is 9.10. The highest BCUT2D eigenvalue weighted by atomic mass is 79.9. The average Bonchev–Trinajstić information content (AvgIpc) is 2.40. The summed E-state index contributed by atoms with van der Waals surface area (Å²) in [5.74, 6) is 0.565. The number of rotatable bonds is 3. The SMILES string of the molecule is COc1ccc(Br)c(NC(=O)c2cc(C)cc(C)c2)c1. The summed E-state index contributed by atoms with van der Waals surface area (Å²) in [7, 11) is 1.60. The minimum absolute atomic E-state index is 0.134. The molecule has 104 valence electrons. The summed E-state index contributed by atoms with van der Waals surface area (Å²) in [6, 6.07) is 11.2. The maximum Gasteiger partial charge on any atom is 0.255 e. The molecule has 0 saturated carbocycles. The molecular weight excluding hydrogens is 318 g/mol. The first-order chi connectivity index (χ1) is 9.49. The van der Waals surface area contributed by atoms with Crippen LogP contribution >= 0.6 is 15.9 Å². The van der Waals surface area contributed by atoms with E-state index >= 15 is 0 Å². The van der Waals surface area contributed by atoms with E-state index in [1.807, 2.05) is 44.2 Å². The quantitative estimate of drug-likeness (QED) is 0.907. The number of amides is 1. The molecule has 0 unspecified atom stereocenters. The first-order valence-electron chi connectivity index (χ1n) is 6.23. The molecule has 0 aromatic heterocycles. The number of anilines is 1. The van der Waals surface area contributed by atoms with Crippen LogP contribution in [-0.2, 0) is 0 Å². The van der Waals surface area contributed by atoms with E-state index in [2.05, 4.69) is 21.2 Å². The van der Waals surface area contributed by atoms with Crippen LogP contribution in [0.5, 0.6) is 5.75 Å². The Balaban J connectivity index is 2.27. The van der Waals surface area contributed by atoms with E-state index in [1.54, 1.807) is 13.2 Å². The fourth-order valence-electron chi connectivity index (χ4n) is 2.03. The van der Waals surface area contributed by atoms with E-state index in [1.165, 1.54) is 0 Å². The molecule has 0 radical (unpaired) electrons. The number of aryl methyl sites for hydroxylation is 2. The largest absolute Gasteiger partial charge is 0.497 e. The van der Waals surface area contributed by atoms with Gasteiger partial charge in [-0.3, -0.25) is 4.79 Å². The molecule has 3 nitrogen and oxygen atoms in total. The molecule has 2 rings (SSSR count). The third kappa shape index (κ3) is 3.39. The molecule has 1 N–H and O–H groups in total. The lowest BCUT2D eigenvalue weighted by Gasteiger charge is -2.10. The molecule has 0 fully saturated rings. The summed E-state index contributed by atoms with van der Waals surface area (Å²) < 4.78 is 5.98. The van der Waals surface area contributed by atoms with Crippen LogP contribution in [0.25, 0.3) is 0 Å². The van der Waals surface area contributed by atoms with E-state index < -0.39 is 0 Å². The molecule has 2 aromatic carbocycles. The number of hydrogen-bond donors (Lipinski definition) is 1. The van der Waals surface area contributed by atoms with Gasteiger partial charge in [0.25, 0.3) is 5.91 Å². The Morgan fingerprint density at radius 1 is 1.10 bits per heavy atom. The zero-order valence-electron chi connectivity index (χ0n) is 11.7. The number of halogens is 1. The summed E-state index contributed by atoms with van der Waals surface area (Å²) >= 11 is 3.42. The zero-order chi connectivity index (χ0) is 14.7. The highest BCUT2D eigenvalue weighted by Gasteiger charge is 2.10. The van der Waals surface area contributed by atoms with Gasteiger partial charge in [0, 0.05) is 16.1 Å². The van der Waals surface area contributed by atoms with Crippen LogP contribution in [0.15, 0.2) is 40.9 Å². The van der Waals surface area contributed by atoms with Crippen LogP contribution in [0.3, 0.4) is 0 Å². The number of carbonyl (C=O) groups excluding carboxylic acids is 1. The van der Waals surface area contributed by atoms with Crippen molar-refractivity contribution >= 4 is 27.5 Å². The molecule has 0 heterocycles. The number of methoxy groups -OCH3 is 1. The number of nitrogens with one attached hydrogen (secondary N) is 1. The van der Waals surface area contributed by atoms with Crippen LogP contribution < -0.4 is 10.1 Å². The fraction of sp³-hybridized carbons (Fsp3) is 0.188. The number of hydrogen-bond acceptors (Lipinski definition) is 2. The number of benzene rings is 2. The van der Waals surface area contributed by atoms with Gasteiger partial charge in [0.1, 0.15) is 5.75 Å². The van der Waals surface area contributed by atoms with Crippen molar-refractivity contribution in [1.29, 1.82) is 0 Å². The summed E-state index contributed by atoms with van der Waals surface area (Å²) in [6.07, 6.45) is 0. The molecule has 2 aromatic rings. The van der Waals surface area contributed by atoms with Crippen molar-refractivity contribution in [3.05, 3.63) is 57.6 Å². The van der Waals surface area contributed by atoms with Crippen molar-refractivity contribution in [3.8, 4) is 5.75 Å². The van der Waals surface area contributed by atoms with Crippen LogP contribution in [0.1, 0.15) is 21.5 Å². The molecule has 0 atom stereocenters. The van der Waals surface area contributed by atoms with Crippen molar-refractivity contribution in [2.24, 2.45) is 0 Å². The van der Waals surface area contributed by atoms with Crippen LogP contribution in [0, 0.1) is 13.8 Å². The lowest BCUT2D eigenvalue weighted by atomic mass is 10.1. The molecule has 0 aliphatic heterocycles. The Bertz CT molecular complexity index is 633. The lowest BCUT2D eigenvalue weighted by Crippen LogP contribution is -2.12. The van der Waals surface area contributed by atoms with Crippen molar-refractivity contribution < 1.29 is 9.53 Å². The van der Waals surface area contributed by atoms with Crippen molar-refractivity contribution in [3.63, 3.8) is 0 Å². The zero-order valence-corrected chi connectivity index (χ0v) is 13.2. The van der Waals surface area contributed by atoms with Gasteiger partial charge in [-0.1, -0.05) is 17.2 Å². The van der Waals surface area contributed by atoms with Crippen LogP contribution in [0.4, 0.5) is 5.69 Å². The smallest absolute Gasteiger partial charge is 0.255 e. The van der Waals surface area contributed by atoms with Gasteiger partial charge < -0.3 is 10.1 Å².